The summed E-state index contributed by atoms with van der Waals surface area (Å²) in [7, 11) is 3.74. The summed E-state index contributed by atoms with van der Waals surface area (Å²) in [6.45, 7) is 0.785. The van der Waals surface area contributed by atoms with Gasteiger partial charge in [-0.3, -0.25) is 0 Å². The average molecular weight is 242 g/mol. The quantitative estimate of drug-likeness (QED) is 0.838. The summed E-state index contributed by atoms with van der Waals surface area (Å²) >= 11 is 0. The molecule has 0 heterocycles. The van der Waals surface area contributed by atoms with E-state index < -0.39 is 0 Å². The van der Waals surface area contributed by atoms with Crippen LogP contribution in [0.1, 0.15) is 5.56 Å². The second kappa shape index (κ2) is 5.45. The van der Waals surface area contributed by atoms with Gasteiger partial charge < -0.3 is 15.4 Å². The minimum Gasteiger partial charge on any atom is -0.496 e. The molecular weight excluding hydrogens is 224 g/mol. The van der Waals surface area contributed by atoms with Crippen molar-refractivity contribution in [1.29, 1.82) is 0 Å². The number of ether oxygens (including phenoxy) is 1. The monoisotopic (exact) mass is 242 g/mol. The molecule has 2 rings (SSSR count). The van der Waals surface area contributed by atoms with E-state index in [9.17, 15) is 0 Å². The molecule has 2 N–H and O–H groups in total. The van der Waals surface area contributed by atoms with Gasteiger partial charge in [0.05, 0.1) is 7.11 Å². The van der Waals surface area contributed by atoms with E-state index in [0.29, 0.717) is 0 Å². The van der Waals surface area contributed by atoms with E-state index in [2.05, 4.69) is 11.0 Å². The average Bonchev–Trinajstić information content (AvgIpc) is 2.39. The molecule has 3 heteroatoms. The largest absolute Gasteiger partial charge is 0.496 e. The molecule has 0 aliphatic rings. The molecule has 0 saturated carbocycles. The molecule has 0 aliphatic heterocycles. The molecule has 0 atom stereocenters. The van der Waals surface area contributed by atoms with Crippen LogP contribution in [-0.2, 0) is 6.54 Å². The predicted octanol–water partition coefficient (Wildman–Crippen LogP) is 2.91. The maximum atomic E-state index is 5.79. The van der Waals surface area contributed by atoms with Gasteiger partial charge in [0, 0.05) is 30.5 Å². The van der Waals surface area contributed by atoms with Crippen molar-refractivity contribution < 1.29 is 4.74 Å². The van der Waals surface area contributed by atoms with Crippen molar-refractivity contribution in [3.63, 3.8) is 0 Å². The third kappa shape index (κ3) is 2.74. The Kier molecular flexibility index (Phi) is 3.72. The van der Waals surface area contributed by atoms with Crippen LogP contribution in [-0.4, -0.2) is 14.2 Å². The van der Waals surface area contributed by atoms with E-state index in [1.54, 1.807) is 7.11 Å². The molecule has 0 aromatic heterocycles. The zero-order valence-corrected chi connectivity index (χ0v) is 10.8. The molecule has 94 valence electrons. The number of benzene rings is 2. The molecule has 0 fully saturated rings. The van der Waals surface area contributed by atoms with Gasteiger partial charge in [-0.25, -0.2) is 0 Å². The Morgan fingerprint density at radius 3 is 2.61 bits per heavy atom. The summed E-state index contributed by atoms with van der Waals surface area (Å²) in [5.74, 6) is 0.910. The summed E-state index contributed by atoms with van der Waals surface area (Å²) < 4.78 is 5.35. The molecule has 0 amide bonds. The van der Waals surface area contributed by atoms with Crippen molar-refractivity contribution in [2.24, 2.45) is 0 Å². The number of nitrogen functional groups attached to an aromatic ring is 1. The van der Waals surface area contributed by atoms with Gasteiger partial charge in [-0.05, 0) is 24.3 Å². The fourth-order valence-electron chi connectivity index (χ4n) is 1.94. The molecule has 2 aromatic rings. The standard InChI is InChI=1S/C15H18N2O/c1-17(14-8-5-7-13(16)10-14)11-12-6-3-4-9-15(12)18-2/h3-10H,11,16H2,1-2H3. The molecule has 0 unspecified atom stereocenters. The van der Waals surface area contributed by atoms with Crippen LogP contribution >= 0.6 is 0 Å². The number of rotatable bonds is 4. The summed E-state index contributed by atoms with van der Waals surface area (Å²) in [4.78, 5) is 2.15. The fourth-order valence-corrected chi connectivity index (χ4v) is 1.94. The molecule has 0 spiro atoms. The summed E-state index contributed by atoms with van der Waals surface area (Å²) in [6.07, 6.45) is 0. The van der Waals surface area contributed by atoms with Gasteiger partial charge >= 0.3 is 0 Å². The smallest absolute Gasteiger partial charge is 0.123 e. The highest BCUT2D eigenvalue weighted by Gasteiger charge is 2.06. The zero-order valence-electron chi connectivity index (χ0n) is 10.8. The van der Waals surface area contributed by atoms with E-state index >= 15 is 0 Å². The third-order valence-corrected chi connectivity index (χ3v) is 2.91. The molecule has 18 heavy (non-hydrogen) atoms. The van der Waals surface area contributed by atoms with Crippen LogP contribution in [0.4, 0.5) is 11.4 Å². The minimum absolute atomic E-state index is 0.777. The first-order valence-electron chi connectivity index (χ1n) is 5.89. The Morgan fingerprint density at radius 1 is 1.11 bits per heavy atom. The highest BCUT2D eigenvalue weighted by atomic mass is 16.5. The number of hydrogen-bond donors (Lipinski definition) is 1. The van der Waals surface area contributed by atoms with Gasteiger partial charge in [0.25, 0.3) is 0 Å². The molecular formula is C15H18N2O. The van der Waals surface area contributed by atoms with Crippen molar-refractivity contribution in [2.45, 2.75) is 6.54 Å². The SMILES string of the molecule is COc1ccccc1CN(C)c1cccc(N)c1. The number of para-hydroxylation sites is 1. The van der Waals surface area contributed by atoms with Gasteiger partial charge in [0.2, 0.25) is 0 Å². The van der Waals surface area contributed by atoms with E-state index in [-0.39, 0.29) is 0 Å². The predicted molar refractivity (Wildman–Crippen MR) is 76.0 cm³/mol. The molecule has 0 bridgehead atoms. The fraction of sp³-hybridized carbons (Fsp3) is 0.200. The van der Waals surface area contributed by atoms with Gasteiger partial charge in [0.1, 0.15) is 5.75 Å². The Balaban J connectivity index is 2.18. The molecule has 2 aromatic carbocycles. The second-order valence-corrected chi connectivity index (χ2v) is 4.26. The number of anilines is 2. The van der Waals surface area contributed by atoms with Gasteiger partial charge in [-0.15, -0.1) is 0 Å². The number of nitrogens with two attached hydrogens (primary N) is 1. The lowest BCUT2D eigenvalue weighted by molar-refractivity contribution is 0.409. The minimum atomic E-state index is 0.777. The number of methoxy groups -OCH3 is 1. The van der Waals surface area contributed by atoms with E-state index in [0.717, 1.165) is 29.2 Å². The normalized spacial score (nSPS) is 10.1. The van der Waals surface area contributed by atoms with Crippen molar-refractivity contribution in [1.82, 2.24) is 0 Å². The highest BCUT2D eigenvalue weighted by molar-refractivity contribution is 5.56. The summed E-state index contributed by atoms with van der Waals surface area (Å²) in [5, 5.41) is 0. The van der Waals surface area contributed by atoms with Crippen LogP contribution in [0.2, 0.25) is 0 Å². The summed E-state index contributed by atoms with van der Waals surface area (Å²) in [5.41, 5.74) is 8.83. The first-order valence-corrected chi connectivity index (χ1v) is 5.89. The zero-order chi connectivity index (χ0) is 13.0. The van der Waals surface area contributed by atoms with Gasteiger partial charge in [-0.1, -0.05) is 24.3 Å². The summed E-state index contributed by atoms with van der Waals surface area (Å²) in [6, 6.07) is 15.9. The van der Waals surface area contributed by atoms with E-state index in [1.807, 2.05) is 49.5 Å². The van der Waals surface area contributed by atoms with E-state index in [4.69, 9.17) is 10.5 Å². The van der Waals surface area contributed by atoms with Gasteiger partial charge in [0.15, 0.2) is 0 Å². The maximum Gasteiger partial charge on any atom is 0.123 e. The third-order valence-electron chi connectivity index (χ3n) is 2.91. The van der Waals surface area contributed by atoms with Crippen LogP contribution in [0.15, 0.2) is 48.5 Å². The van der Waals surface area contributed by atoms with Crippen molar-refractivity contribution >= 4 is 11.4 Å². The van der Waals surface area contributed by atoms with Crippen LogP contribution < -0.4 is 15.4 Å². The van der Waals surface area contributed by atoms with Crippen molar-refractivity contribution in [2.75, 3.05) is 24.8 Å². The Morgan fingerprint density at radius 2 is 1.89 bits per heavy atom. The Labute approximate surface area is 108 Å². The molecule has 3 nitrogen and oxygen atoms in total. The molecule has 0 saturated heterocycles. The Hall–Kier alpha value is -2.16. The first kappa shape index (κ1) is 12.3. The lowest BCUT2D eigenvalue weighted by Gasteiger charge is -2.21. The number of nitrogens with zero attached hydrogens (tertiary/aromatic N) is 1. The van der Waals surface area contributed by atoms with Crippen LogP contribution in [0.25, 0.3) is 0 Å². The number of hydrogen-bond acceptors (Lipinski definition) is 3. The topological polar surface area (TPSA) is 38.5 Å². The molecule has 0 aliphatic carbocycles. The van der Waals surface area contributed by atoms with Crippen molar-refractivity contribution in [3.8, 4) is 5.75 Å². The molecule has 0 radical (unpaired) electrons. The van der Waals surface area contributed by atoms with E-state index in [1.165, 1.54) is 0 Å². The highest BCUT2D eigenvalue weighted by Crippen LogP contribution is 2.23. The van der Waals surface area contributed by atoms with Crippen LogP contribution in [0.5, 0.6) is 5.75 Å². The van der Waals surface area contributed by atoms with Crippen molar-refractivity contribution in [3.05, 3.63) is 54.1 Å². The maximum absolute atomic E-state index is 5.79. The Bertz CT molecular complexity index is 525. The lowest BCUT2D eigenvalue weighted by Crippen LogP contribution is -2.16. The second-order valence-electron chi connectivity index (χ2n) is 4.26. The van der Waals surface area contributed by atoms with Crippen LogP contribution in [0.3, 0.4) is 0 Å². The first-order chi connectivity index (χ1) is 8.70. The lowest BCUT2D eigenvalue weighted by atomic mass is 10.1. The van der Waals surface area contributed by atoms with Gasteiger partial charge in [-0.2, -0.15) is 0 Å². The van der Waals surface area contributed by atoms with Crippen LogP contribution in [0, 0.1) is 0 Å².